The second-order valence-corrected chi connectivity index (χ2v) is 12.0. The maximum Gasteiger partial charge on any atom is 0.459 e. The predicted octanol–water partition coefficient (Wildman–Crippen LogP) is 2.95. The van der Waals surface area contributed by atoms with Crippen LogP contribution in [0.3, 0.4) is 0 Å². The van der Waals surface area contributed by atoms with E-state index < -0.39 is 73.0 Å². The molecule has 3 rings (SSSR count). The van der Waals surface area contributed by atoms with Crippen LogP contribution in [0.15, 0.2) is 29.4 Å². The molecule has 0 aromatic heterocycles. The second-order valence-electron chi connectivity index (χ2n) is 8.68. The van der Waals surface area contributed by atoms with Gasteiger partial charge in [-0.3, -0.25) is 24.3 Å². The number of imide groups is 1. The number of methoxy groups -OCH3 is 2. The molecule has 2 heterocycles. The number of carbonyl (C=O) groups is 3. The van der Waals surface area contributed by atoms with Crippen LogP contribution >= 0.6 is 23.7 Å². The summed E-state index contributed by atoms with van der Waals surface area (Å²) in [5.41, 5.74) is 9.08. The Balaban J connectivity index is 1.82. The molecule has 2 saturated heterocycles. The molecule has 214 valence electrons. The zero-order chi connectivity index (χ0) is 29.0. The van der Waals surface area contributed by atoms with E-state index in [2.05, 4.69) is 41.1 Å². The van der Waals surface area contributed by atoms with Gasteiger partial charge in [0.25, 0.3) is 0 Å². The monoisotopic (exact) mass is 636 g/mol. The summed E-state index contributed by atoms with van der Waals surface area (Å²) >= 11 is 3.28. The van der Waals surface area contributed by atoms with E-state index >= 15 is 0 Å². The lowest BCUT2D eigenvalue weighted by Crippen LogP contribution is -2.69. The molecule has 15 nitrogen and oxygen atoms in total. The summed E-state index contributed by atoms with van der Waals surface area (Å²) in [6.45, 7) is 2.38. The van der Waals surface area contributed by atoms with Gasteiger partial charge in [0.1, 0.15) is 28.2 Å². The summed E-state index contributed by atoms with van der Waals surface area (Å²) in [5, 5.41) is 8.35. The molecule has 2 fully saturated rings. The zero-order valence-corrected chi connectivity index (χ0v) is 23.8. The summed E-state index contributed by atoms with van der Waals surface area (Å²) in [4.78, 5) is 40.9. The van der Waals surface area contributed by atoms with Gasteiger partial charge in [-0.1, -0.05) is 21.0 Å². The van der Waals surface area contributed by atoms with Gasteiger partial charge in [0.15, 0.2) is 6.23 Å². The number of hydrogen-bond acceptors (Lipinski definition) is 10. The number of rotatable bonds is 11. The number of ether oxygens (including phenoxy) is 3. The highest BCUT2D eigenvalue weighted by Gasteiger charge is 2.54. The van der Waals surface area contributed by atoms with Crippen LogP contribution in [0.5, 0.6) is 5.75 Å². The fourth-order valence-electron chi connectivity index (χ4n) is 3.97. The zero-order valence-electron chi connectivity index (χ0n) is 21.3. The Morgan fingerprint density at radius 2 is 2.08 bits per heavy atom. The maximum absolute atomic E-state index is 13.6. The van der Waals surface area contributed by atoms with E-state index in [4.69, 9.17) is 24.1 Å². The van der Waals surface area contributed by atoms with Crippen molar-refractivity contribution >= 4 is 41.6 Å². The number of urea groups is 1. The molecule has 39 heavy (non-hydrogen) atoms. The fourth-order valence-corrected chi connectivity index (χ4v) is 5.98. The summed E-state index contributed by atoms with van der Waals surface area (Å²) < 4.78 is 52.7. The number of nitrogens with one attached hydrogen (secondary N) is 2. The molecule has 4 unspecified atom stereocenters. The van der Waals surface area contributed by atoms with Gasteiger partial charge in [-0.25, -0.2) is 13.8 Å². The van der Waals surface area contributed by atoms with E-state index in [1.807, 2.05) is 0 Å². The number of carbonyl (C=O) groups excluding carboxylic acids is 3. The van der Waals surface area contributed by atoms with Crippen LogP contribution in [0, 0.1) is 5.82 Å². The Bertz CT molecular complexity index is 1180. The van der Waals surface area contributed by atoms with E-state index in [9.17, 15) is 23.3 Å². The van der Waals surface area contributed by atoms with E-state index in [0.717, 1.165) is 24.1 Å². The molecule has 0 radical (unpaired) electrons. The third-order valence-corrected chi connectivity index (χ3v) is 8.30. The molecule has 0 saturated carbocycles. The van der Waals surface area contributed by atoms with Gasteiger partial charge < -0.3 is 18.7 Å². The number of hydrogen-bond donors (Lipinski definition) is 2. The van der Waals surface area contributed by atoms with Gasteiger partial charge in [-0.15, -0.1) is 0 Å². The second kappa shape index (κ2) is 12.6. The van der Waals surface area contributed by atoms with Gasteiger partial charge in [0.05, 0.1) is 25.9 Å². The summed E-state index contributed by atoms with van der Waals surface area (Å²) in [6, 6.07) is 1.72. The van der Waals surface area contributed by atoms with Crippen molar-refractivity contribution in [2.24, 2.45) is 5.11 Å². The van der Waals surface area contributed by atoms with Crippen LogP contribution in [-0.4, -0.2) is 78.6 Å². The van der Waals surface area contributed by atoms with Gasteiger partial charge in [0, 0.05) is 18.4 Å². The number of halogens is 2. The van der Waals surface area contributed by atoms with Crippen LogP contribution in [0.1, 0.15) is 20.3 Å². The predicted molar refractivity (Wildman–Crippen MR) is 135 cm³/mol. The molecule has 2 aliphatic rings. The van der Waals surface area contributed by atoms with Crippen molar-refractivity contribution < 1.29 is 46.6 Å². The minimum Gasteiger partial charge on any atom is -0.468 e. The number of benzene rings is 1. The van der Waals surface area contributed by atoms with Gasteiger partial charge in [-0.05, 0) is 43.6 Å². The lowest BCUT2D eigenvalue weighted by atomic mass is 10.0. The third kappa shape index (κ3) is 7.06. The number of amides is 3. The van der Waals surface area contributed by atoms with E-state index in [1.165, 1.54) is 33.1 Å². The van der Waals surface area contributed by atoms with E-state index in [1.54, 1.807) is 0 Å². The standard InChI is InChI=1S/C21H27BrFN6O9P/c1-11(17(30)34-3)27-39(33,38-13-7-5-12(23)6-8-13)36-10-15-14(26-28-24)9-16(37-15)29-19(35-4)21(2,22)18(31)25-20(29)32/h5-8,11,14-16,19H,9-10H2,1-4H3,(H,27,33)(H,25,31,32)/t11?,14-,15+,16+,19?,21?,39?/m0/s1. The fraction of sp³-hybridized carbons (Fsp3) is 0.571. The third-order valence-electron chi connectivity index (χ3n) is 5.91. The lowest BCUT2D eigenvalue weighted by Gasteiger charge is -2.44. The van der Waals surface area contributed by atoms with Crippen molar-refractivity contribution in [2.75, 3.05) is 20.8 Å². The molecule has 18 heteroatoms. The highest BCUT2D eigenvalue weighted by atomic mass is 79.9. The van der Waals surface area contributed by atoms with Gasteiger partial charge >= 0.3 is 19.7 Å². The molecule has 0 aliphatic carbocycles. The Hall–Kier alpha value is -2.78. The minimum absolute atomic E-state index is 0.0161. The molecular formula is C21H27BrFN6O9P. The highest BCUT2D eigenvalue weighted by Crippen LogP contribution is 2.46. The lowest BCUT2D eigenvalue weighted by molar-refractivity contribution is -0.152. The van der Waals surface area contributed by atoms with Crippen molar-refractivity contribution in [1.29, 1.82) is 0 Å². The molecule has 0 bridgehead atoms. The molecule has 2 aliphatic heterocycles. The largest absolute Gasteiger partial charge is 0.468 e. The highest BCUT2D eigenvalue weighted by molar-refractivity contribution is 9.10. The molecule has 7 atom stereocenters. The molecule has 0 spiro atoms. The number of nitrogens with zero attached hydrogens (tertiary/aromatic N) is 4. The average Bonchev–Trinajstić information content (AvgIpc) is 3.28. The van der Waals surface area contributed by atoms with Crippen molar-refractivity contribution in [1.82, 2.24) is 15.3 Å². The first-order chi connectivity index (χ1) is 18.3. The van der Waals surface area contributed by atoms with Crippen molar-refractivity contribution in [3.8, 4) is 5.75 Å². The molecule has 3 amide bonds. The quantitative estimate of drug-likeness (QED) is 0.0911. The Morgan fingerprint density at radius 3 is 2.67 bits per heavy atom. The number of azide groups is 1. The first kappa shape index (κ1) is 30.8. The van der Waals surface area contributed by atoms with Crippen molar-refractivity contribution in [3.63, 3.8) is 0 Å². The van der Waals surface area contributed by atoms with Crippen LogP contribution in [0.4, 0.5) is 9.18 Å². The van der Waals surface area contributed by atoms with Crippen LogP contribution < -0.4 is 14.9 Å². The normalized spacial score (nSPS) is 29.1. The molecule has 1 aromatic rings. The van der Waals surface area contributed by atoms with Crippen LogP contribution in [0.2, 0.25) is 0 Å². The summed E-state index contributed by atoms with van der Waals surface area (Å²) in [5.74, 6) is -1.98. The van der Waals surface area contributed by atoms with Gasteiger partial charge in [0.2, 0.25) is 5.91 Å². The molecular weight excluding hydrogens is 610 g/mol. The average molecular weight is 637 g/mol. The Morgan fingerprint density at radius 1 is 1.41 bits per heavy atom. The van der Waals surface area contributed by atoms with Crippen LogP contribution in [0.25, 0.3) is 10.4 Å². The number of esters is 1. The SMILES string of the molecule is COC(=O)C(C)NP(=O)(OC[C@H]1O[C@@H](N2C(=O)NC(=O)C(C)(Br)C2OC)C[C@@H]1N=[N+]=[N-])Oc1ccc(F)cc1. The van der Waals surface area contributed by atoms with Crippen molar-refractivity contribution in [2.45, 2.75) is 55.2 Å². The minimum atomic E-state index is -4.35. The van der Waals surface area contributed by atoms with Gasteiger partial charge in [-0.2, -0.15) is 5.09 Å². The van der Waals surface area contributed by atoms with Crippen LogP contribution in [-0.2, 0) is 32.9 Å². The van der Waals surface area contributed by atoms with Crippen molar-refractivity contribution in [3.05, 3.63) is 40.5 Å². The smallest absolute Gasteiger partial charge is 0.459 e. The first-order valence-electron chi connectivity index (χ1n) is 11.5. The topological polar surface area (TPSA) is 190 Å². The van der Waals surface area contributed by atoms with E-state index in [-0.39, 0.29) is 12.2 Å². The molecule has 1 aromatic carbocycles. The Labute approximate surface area is 230 Å². The number of alkyl halides is 1. The first-order valence-corrected chi connectivity index (χ1v) is 13.8. The summed E-state index contributed by atoms with van der Waals surface area (Å²) in [6.07, 6.45) is -3.19. The van der Waals surface area contributed by atoms with E-state index in [0.29, 0.717) is 0 Å². The maximum atomic E-state index is 13.6. The Kier molecular flexibility index (Phi) is 9.93. The molecule has 2 N–H and O–H groups in total. The summed E-state index contributed by atoms with van der Waals surface area (Å²) in [7, 11) is -1.90.